The van der Waals surface area contributed by atoms with Crippen LogP contribution in [-0.2, 0) is 14.6 Å². The van der Waals surface area contributed by atoms with Crippen LogP contribution in [0, 0.1) is 0 Å². The van der Waals surface area contributed by atoms with Crippen LogP contribution in [0.25, 0.3) is 0 Å². The fraction of sp³-hybridized carbons (Fsp3) is 0.250. The number of aromatic nitrogens is 2. The van der Waals surface area contributed by atoms with E-state index in [-0.39, 0.29) is 29.2 Å². The number of hydrogen-bond acceptors (Lipinski definition) is 8. The smallest absolute Gasteiger partial charge is 0.237 e. The number of nitrogens with zero attached hydrogens (tertiary/aromatic N) is 3. The van der Waals surface area contributed by atoms with Crippen molar-refractivity contribution in [1.29, 1.82) is 0 Å². The van der Waals surface area contributed by atoms with Crippen molar-refractivity contribution < 1.29 is 13.2 Å². The Balaban J connectivity index is 1.43. The number of thioether (sulfide) groups is 1. The van der Waals surface area contributed by atoms with Crippen molar-refractivity contribution >= 4 is 55.3 Å². The second-order valence-electron chi connectivity index (χ2n) is 6.81. The molecular formula is C20H20N4O3S3. The lowest BCUT2D eigenvalue weighted by atomic mass is 10.2. The highest BCUT2D eigenvalue weighted by atomic mass is 32.2. The van der Waals surface area contributed by atoms with Crippen molar-refractivity contribution in [2.75, 3.05) is 27.5 Å². The van der Waals surface area contributed by atoms with E-state index < -0.39 is 9.84 Å². The van der Waals surface area contributed by atoms with Crippen molar-refractivity contribution in [2.45, 2.75) is 16.8 Å². The number of rotatable bonds is 7. The minimum absolute atomic E-state index is 0.00223. The molecule has 1 saturated heterocycles. The fourth-order valence-electron chi connectivity index (χ4n) is 3.28. The summed E-state index contributed by atoms with van der Waals surface area (Å²) in [6, 6.07) is 18.6. The molecule has 1 aliphatic rings. The summed E-state index contributed by atoms with van der Waals surface area (Å²) < 4.78 is 24.6. The topological polar surface area (TPSA) is 92.3 Å². The maximum atomic E-state index is 13.1. The lowest BCUT2D eigenvalue weighted by Crippen LogP contribution is -2.42. The molecule has 0 spiro atoms. The summed E-state index contributed by atoms with van der Waals surface area (Å²) in [4.78, 5) is 14.7. The Morgan fingerprint density at radius 3 is 2.47 bits per heavy atom. The molecule has 1 amide bonds. The Morgan fingerprint density at radius 2 is 1.80 bits per heavy atom. The van der Waals surface area contributed by atoms with Gasteiger partial charge in [-0.2, -0.15) is 0 Å². The number of nitrogens with one attached hydrogen (secondary N) is 1. The van der Waals surface area contributed by atoms with Crippen LogP contribution in [0.1, 0.15) is 6.42 Å². The molecule has 2 heterocycles. The third-order valence-corrected chi connectivity index (χ3v) is 8.33. The zero-order valence-corrected chi connectivity index (χ0v) is 18.4. The SMILES string of the molecule is O=C(CSc1nnc(Nc2ccccc2)s1)N(c1ccccc1)[C@H]1CCS(=O)(=O)C1. The maximum Gasteiger partial charge on any atom is 0.237 e. The van der Waals surface area contributed by atoms with E-state index in [9.17, 15) is 13.2 Å². The van der Waals surface area contributed by atoms with Crippen molar-refractivity contribution in [3.63, 3.8) is 0 Å². The molecule has 2 aromatic carbocycles. The molecule has 30 heavy (non-hydrogen) atoms. The van der Waals surface area contributed by atoms with E-state index >= 15 is 0 Å². The standard InChI is InChI=1S/C20H20N4O3S3/c25-18(13-28-20-23-22-19(29-20)21-15-7-3-1-4-8-15)24(16-9-5-2-6-10-16)17-11-12-30(26,27)14-17/h1-10,17H,11-14H2,(H,21,22)/t17-/m0/s1. The molecule has 1 atom stereocenters. The zero-order chi connectivity index (χ0) is 21.0. The molecule has 1 N–H and O–H groups in total. The van der Waals surface area contributed by atoms with Gasteiger partial charge >= 0.3 is 0 Å². The Morgan fingerprint density at radius 1 is 1.10 bits per heavy atom. The lowest BCUT2D eigenvalue weighted by molar-refractivity contribution is -0.116. The van der Waals surface area contributed by atoms with E-state index in [1.807, 2.05) is 60.7 Å². The van der Waals surface area contributed by atoms with Gasteiger partial charge < -0.3 is 10.2 Å². The molecule has 0 saturated carbocycles. The van der Waals surface area contributed by atoms with Crippen LogP contribution in [0.3, 0.4) is 0 Å². The van der Waals surface area contributed by atoms with Gasteiger partial charge in [-0.25, -0.2) is 8.42 Å². The van der Waals surface area contributed by atoms with E-state index in [1.54, 1.807) is 4.90 Å². The molecule has 1 aliphatic heterocycles. The average Bonchev–Trinajstić information content (AvgIpc) is 3.34. The Labute approximate surface area is 183 Å². The monoisotopic (exact) mass is 460 g/mol. The van der Waals surface area contributed by atoms with Gasteiger partial charge in [0, 0.05) is 11.4 Å². The molecule has 0 unspecified atom stereocenters. The summed E-state index contributed by atoms with van der Waals surface area (Å²) in [5, 5.41) is 12.1. The number of hydrogen-bond donors (Lipinski definition) is 1. The van der Waals surface area contributed by atoms with Crippen molar-refractivity contribution in [2.24, 2.45) is 0 Å². The molecule has 3 aromatic rings. The lowest BCUT2D eigenvalue weighted by Gasteiger charge is -2.28. The number of amides is 1. The molecule has 1 aromatic heterocycles. The summed E-state index contributed by atoms with van der Waals surface area (Å²) in [6.07, 6.45) is 0.456. The highest BCUT2D eigenvalue weighted by Crippen LogP contribution is 2.30. The van der Waals surface area contributed by atoms with E-state index in [0.29, 0.717) is 21.6 Å². The van der Waals surface area contributed by atoms with Crippen molar-refractivity contribution in [3.05, 3.63) is 60.7 Å². The van der Waals surface area contributed by atoms with Gasteiger partial charge in [-0.3, -0.25) is 4.79 Å². The minimum Gasteiger partial charge on any atom is -0.330 e. The number of carbonyl (C=O) groups is 1. The molecular weight excluding hydrogens is 440 g/mol. The van der Waals surface area contributed by atoms with Gasteiger partial charge in [-0.05, 0) is 30.7 Å². The molecule has 1 fully saturated rings. The first-order valence-electron chi connectivity index (χ1n) is 9.36. The molecule has 156 valence electrons. The largest absolute Gasteiger partial charge is 0.330 e. The quantitative estimate of drug-likeness (QED) is 0.539. The second-order valence-corrected chi connectivity index (χ2v) is 11.2. The van der Waals surface area contributed by atoms with Crippen molar-refractivity contribution in [3.8, 4) is 0 Å². The van der Waals surface area contributed by atoms with Crippen LogP contribution in [0.5, 0.6) is 0 Å². The summed E-state index contributed by atoms with van der Waals surface area (Å²) in [6.45, 7) is 0. The van der Waals surface area contributed by atoms with Gasteiger partial charge in [0.05, 0.1) is 23.3 Å². The third-order valence-electron chi connectivity index (χ3n) is 4.63. The fourth-order valence-corrected chi connectivity index (χ4v) is 6.61. The van der Waals surface area contributed by atoms with Crippen LogP contribution in [0.4, 0.5) is 16.5 Å². The summed E-state index contributed by atoms with van der Waals surface area (Å²) in [7, 11) is -3.10. The first-order valence-corrected chi connectivity index (χ1v) is 13.0. The first kappa shape index (κ1) is 20.8. The molecule has 4 rings (SSSR count). The summed E-state index contributed by atoms with van der Waals surface area (Å²) in [5.74, 6) is 0.140. The van der Waals surface area contributed by atoms with E-state index in [2.05, 4.69) is 15.5 Å². The van der Waals surface area contributed by atoms with E-state index in [4.69, 9.17) is 0 Å². The molecule has 0 radical (unpaired) electrons. The van der Waals surface area contributed by atoms with Gasteiger partial charge in [0.25, 0.3) is 0 Å². The summed E-state index contributed by atoms with van der Waals surface area (Å²) in [5.41, 5.74) is 1.63. The predicted molar refractivity (Wildman–Crippen MR) is 121 cm³/mol. The van der Waals surface area contributed by atoms with Crippen LogP contribution in [-0.4, -0.2) is 47.8 Å². The van der Waals surface area contributed by atoms with Gasteiger partial charge in [0.1, 0.15) is 0 Å². The van der Waals surface area contributed by atoms with Crippen LogP contribution < -0.4 is 10.2 Å². The van der Waals surface area contributed by atoms with Gasteiger partial charge in [-0.1, -0.05) is 59.5 Å². The molecule has 7 nitrogen and oxygen atoms in total. The van der Waals surface area contributed by atoms with E-state index in [1.165, 1.54) is 23.1 Å². The summed E-state index contributed by atoms with van der Waals surface area (Å²) >= 11 is 2.68. The Hall–Kier alpha value is -2.43. The normalized spacial score (nSPS) is 17.5. The number of para-hydroxylation sites is 2. The number of benzene rings is 2. The second kappa shape index (κ2) is 9.15. The van der Waals surface area contributed by atoms with E-state index in [0.717, 1.165) is 5.69 Å². The zero-order valence-electron chi connectivity index (χ0n) is 16.0. The number of sulfone groups is 1. The average molecular weight is 461 g/mol. The highest BCUT2D eigenvalue weighted by Gasteiger charge is 2.35. The van der Waals surface area contributed by atoms with Gasteiger partial charge in [0.2, 0.25) is 11.0 Å². The first-order chi connectivity index (χ1) is 14.5. The minimum atomic E-state index is -3.10. The number of anilines is 3. The Kier molecular flexibility index (Phi) is 6.35. The van der Waals surface area contributed by atoms with Crippen molar-refractivity contribution in [1.82, 2.24) is 10.2 Å². The maximum absolute atomic E-state index is 13.1. The third kappa shape index (κ3) is 5.18. The predicted octanol–water partition coefficient (Wildman–Crippen LogP) is 3.59. The van der Waals surface area contributed by atoms with Crippen LogP contribution in [0.15, 0.2) is 65.0 Å². The number of carbonyl (C=O) groups excluding carboxylic acids is 1. The Bertz CT molecular complexity index is 1100. The van der Waals surface area contributed by atoms with Crippen LogP contribution >= 0.6 is 23.1 Å². The van der Waals surface area contributed by atoms with Gasteiger partial charge in [-0.15, -0.1) is 10.2 Å². The molecule has 0 aliphatic carbocycles. The highest BCUT2D eigenvalue weighted by molar-refractivity contribution is 8.01. The molecule has 0 bridgehead atoms. The molecule has 10 heteroatoms. The van der Waals surface area contributed by atoms with Gasteiger partial charge in [0.15, 0.2) is 14.2 Å². The van der Waals surface area contributed by atoms with Crippen LogP contribution in [0.2, 0.25) is 0 Å².